The molecule has 0 radical (unpaired) electrons. The van der Waals surface area contributed by atoms with Crippen LogP contribution in [0, 0.1) is 17.0 Å². The molecule has 0 atom stereocenters. The van der Waals surface area contributed by atoms with Crippen molar-refractivity contribution < 1.29 is 14.1 Å². The van der Waals surface area contributed by atoms with Crippen molar-refractivity contribution in [2.24, 2.45) is 12.1 Å². The number of benzene rings is 1. The number of carbonyl (C=O) groups is 1. The van der Waals surface area contributed by atoms with Gasteiger partial charge in [-0.25, -0.2) is 9.94 Å². The molecule has 27 heavy (non-hydrogen) atoms. The SMILES string of the molecule is Cc1nn2c3ccccc3n(C)c2c1C(=O)NN=Cc1ccc([N+](=O)[O-])o1. The van der Waals surface area contributed by atoms with Gasteiger partial charge in [0.15, 0.2) is 5.76 Å². The minimum Gasteiger partial charge on any atom is -0.400 e. The number of hydrogen-bond acceptors (Lipinski definition) is 6. The van der Waals surface area contributed by atoms with Crippen molar-refractivity contribution in [3.63, 3.8) is 0 Å². The Hall–Kier alpha value is -3.95. The van der Waals surface area contributed by atoms with E-state index in [4.69, 9.17) is 4.42 Å². The molecule has 0 saturated heterocycles. The van der Waals surface area contributed by atoms with Gasteiger partial charge in [0, 0.05) is 7.05 Å². The Morgan fingerprint density at radius 1 is 1.30 bits per heavy atom. The molecule has 1 amide bonds. The molecule has 0 aliphatic rings. The number of nitrogens with zero attached hydrogens (tertiary/aromatic N) is 5. The molecule has 3 heterocycles. The van der Waals surface area contributed by atoms with Crippen LogP contribution in [0.3, 0.4) is 0 Å². The highest BCUT2D eigenvalue weighted by atomic mass is 16.6. The lowest BCUT2D eigenvalue weighted by Crippen LogP contribution is -2.19. The number of amides is 1. The Kier molecular flexibility index (Phi) is 3.73. The van der Waals surface area contributed by atoms with Crippen molar-refractivity contribution in [1.82, 2.24) is 19.6 Å². The van der Waals surface area contributed by atoms with Crippen LogP contribution in [0.5, 0.6) is 0 Å². The van der Waals surface area contributed by atoms with Gasteiger partial charge in [0.2, 0.25) is 0 Å². The quantitative estimate of drug-likeness (QED) is 0.338. The third kappa shape index (κ3) is 2.63. The second-order valence-electron chi connectivity index (χ2n) is 5.88. The van der Waals surface area contributed by atoms with Gasteiger partial charge >= 0.3 is 5.88 Å². The predicted octanol–water partition coefficient (Wildman–Crippen LogP) is 2.40. The molecule has 0 saturated carbocycles. The van der Waals surface area contributed by atoms with Crippen molar-refractivity contribution in [2.45, 2.75) is 6.92 Å². The topological polar surface area (TPSA) is 120 Å². The molecular weight excluding hydrogens is 352 g/mol. The number of rotatable bonds is 4. The first kappa shape index (κ1) is 16.5. The van der Waals surface area contributed by atoms with E-state index in [1.54, 1.807) is 11.4 Å². The standard InChI is InChI=1S/C17H14N6O4/c1-10-15(16(24)19-18-9-11-7-8-14(27-11)23(25)26)17-21(2)12-5-3-4-6-13(12)22(17)20-10/h3-9H,1-2H3,(H,19,24). The van der Waals surface area contributed by atoms with Crippen LogP contribution in [0.15, 0.2) is 45.9 Å². The lowest BCUT2D eigenvalue weighted by atomic mass is 10.2. The van der Waals surface area contributed by atoms with Gasteiger partial charge in [0.05, 0.1) is 29.0 Å². The second kappa shape index (κ2) is 6.09. The van der Waals surface area contributed by atoms with Crippen LogP contribution >= 0.6 is 0 Å². The molecule has 4 rings (SSSR count). The Balaban J connectivity index is 1.65. The summed E-state index contributed by atoms with van der Waals surface area (Å²) in [7, 11) is 1.86. The zero-order chi connectivity index (χ0) is 19.1. The minimum absolute atomic E-state index is 0.156. The fourth-order valence-electron chi connectivity index (χ4n) is 3.02. The molecule has 1 N–H and O–H groups in total. The molecule has 10 heteroatoms. The molecule has 0 spiro atoms. The largest absolute Gasteiger partial charge is 0.433 e. The van der Waals surface area contributed by atoms with E-state index >= 15 is 0 Å². The van der Waals surface area contributed by atoms with E-state index in [1.807, 2.05) is 35.9 Å². The summed E-state index contributed by atoms with van der Waals surface area (Å²) in [6.07, 6.45) is 1.20. The summed E-state index contributed by atoms with van der Waals surface area (Å²) in [6.45, 7) is 1.75. The minimum atomic E-state index is -0.650. The number of hydrogen-bond donors (Lipinski definition) is 1. The van der Waals surface area contributed by atoms with E-state index in [0.717, 1.165) is 11.0 Å². The first-order chi connectivity index (χ1) is 13.0. The maximum absolute atomic E-state index is 12.6. The predicted molar refractivity (Wildman–Crippen MR) is 96.8 cm³/mol. The summed E-state index contributed by atoms with van der Waals surface area (Å²) < 4.78 is 8.56. The Morgan fingerprint density at radius 3 is 2.74 bits per heavy atom. The summed E-state index contributed by atoms with van der Waals surface area (Å²) in [5.74, 6) is -0.679. The first-order valence-corrected chi connectivity index (χ1v) is 7.97. The summed E-state index contributed by atoms with van der Waals surface area (Å²) in [5.41, 5.74) is 5.86. The molecule has 0 bridgehead atoms. The van der Waals surface area contributed by atoms with Crippen molar-refractivity contribution >= 4 is 34.7 Å². The van der Waals surface area contributed by atoms with E-state index in [-0.39, 0.29) is 5.76 Å². The van der Waals surface area contributed by atoms with E-state index in [1.165, 1.54) is 18.3 Å². The van der Waals surface area contributed by atoms with Gasteiger partial charge in [0.1, 0.15) is 16.1 Å². The highest BCUT2D eigenvalue weighted by Crippen LogP contribution is 2.24. The van der Waals surface area contributed by atoms with Gasteiger partial charge < -0.3 is 8.98 Å². The average Bonchev–Trinajstić information content (AvgIpc) is 3.31. The number of furan rings is 1. The van der Waals surface area contributed by atoms with E-state index in [0.29, 0.717) is 16.9 Å². The Labute approximate surface area is 151 Å². The van der Waals surface area contributed by atoms with Gasteiger partial charge in [-0.05, 0) is 25.1 Å². The van der Waals surface area contributed by atoms with E-state index < -0.39 is 16.7 Å². The van der Waals surface area contributed by atoms with E-state index in [2.05, 4.69) is 15.6 Å². The third-order valence-corrected chi connectivity index (χ3v) is 4.20. The zero-order valence-corrected chi connectivity index (χ0v) is 14.4. The number of nitro groups is 1. The van der Waals surface area contributed by atoms with Crippen LogP contribution in [-0.4, -0.2) is 31.2 Å². The Morgan fingerprint density at radius 2 is 2.04 bits per heavy atom. The summed E-state index contributed by atoms with van der Waals surface area (Å²) in [6, 6.07) is 10.3. The molecule has 10 nitrogen and oxygen atoms in total. The lowest BCUT2D eigenvalue weighted by Gasteiger charge is -2.01. The number of fused-ring (bicyclic) bond motifs is 3. The second-order valence-corrected chi connectivity index (χ2v) is 5.88. The molecule has 4 aromatic rings. The number of para-hydroxylation sites is 2. The molecular formula is C17H14N6O4. The van der Waals surface area contributed by atoms with Crippen molar-refractivity contribution in [3.8, 4) is 0 Å². The Bertz CT molecular complexity index is 1230. The highest BCUT2D eigenvalue weighted by Gasteiger charge is 2.22. The average molecular weight is 366 g/mol. The number of hydrazone groups is 1. The van der Waals surface area contributed by atoms with Crippen LogP contribution in [0.1, 0.15) is 21.8 Å². The summed E-state index contributed by atoms with van der Waals surface area (Å²) in [5, 5.41) is 18.9. The van der Waals surface area contributed by atoms with Gasteiger partial charge in [0.25, 0.3) is 5.91 Å². The number of aromatic nitrogens is 3. The number of aryl methyl sites for hydroxylation is 2. The first-order valence-electron chi connectivity index (χ1n) is 7.97. The van der Waals surface area contributed by atoms with Gasteiger partial charge in [-0.3, -0.25) is 14.9 Å². The van der Waals surface area contributed by atoms with Gasteiger partial charge in [-0.15, -0.1) is 0 Å². The van der Waals surface area contributed by atoms with Crippen molar-refractivity contribution in [2.75, 3.05) is 0 Å². The lowest BCUT2D eigenvalue weighted by molar-refractivity contribution is -0.402. The van der Waals surface area contributed by atoms with Crippen LogP contribution in [0.4, 0.5) is 5.88 Å². The maximum Gasteiger partial charge on any atom is 0.433 e. The normalized spacial score (nSPS) is 11.6. The maximum atomic E-state index is 12.6. The number of carbonyl (C=O) groups excluding carboxylic acids is 1. The van der Waals surface area contributed by atoms with Gasteiger partial charge in [-0.2, -0.15) is 10.2 Å². The number of imidazole rings is 1. The molecule has 1 aromatic carbocycles. The fourth-order valence-corrected chi connectivity index (χ4v) is 3.02. The number of nitrogens with one attached hydrogen (secondary N) is 1. The smallest absolute Gasteiger partial charge is 0.400 e. The molecule has 0 aliphatic carbocycles. The van der Waals surface area contributed by atoms with Crippen LogP contribution in [0.25, 0.3) is 16.7 Å². The zero-order valence-electron chi connectivity index (χ0n) is 14.4. The van der Waals surface area contributed by atoms with E-state index in [9.17, 15) is 14.9 Å². The van der Waals surface area contributed by atoms with Crippen molar-refractivity contribution in [1.29, 1.82) is 0 Å². The molecule has 0 unspecified atom stereocenters. The molecule has 0 fully saturated rings. The molecule has 136 valence electrons. The van der Waals surface area contributed by atoms with Gasteiger partial charge in [-0.1, -0.05) is 12.1 Å². The summed E-state index contributed by atoms with van der Waals surface area (Å²) in [4.78, 5) is 22.6. The molecule has 0 aliphatic heterocycles. The highest BCUT2D eigenvalue weighted by molar-refractivity contribution is 6.03. The van der Waals surface area contributed by atoms with Crippen molar-refractivity contribution in [3.05, 3.63) is 63.5 Å². The van der Waals surface area contributed by atoms with Crippen LogP contribution < -0.4 is 5.43 Å². The van der Waals surface area contributed by atoms with Crippen LogP contribution in [0.2, 0.25) is 0 Å². The molecule has 3 aromatic heterocycles. The summed E-state index contributed by atoms with van der Waals surface area (Å²) >= 11 is 0. The van der Waals surface area contributed by atoms with Crippen LogP contribution in [-0.2, 0) is 7.05 Å². The monoisotopic (exact) mass is 366 g/mol. The fraction of sp³-hybridized carbons (Fsp3) is 0.118. The third-order valence-electron chi connectivity index (χ3n) is 4.20.